The third-order valence-electron chi connectivity index (χ3n) is 9.69. The summed E-state index contributed by atoms with van der Waals surface area (Å²) in [5, 5.41) is 67.9. The van der Waals surface area contributed by atoms with Gasteiger partial charge in [-0.05, 0) is 39.2 Å². The highest BCUT2D eigenvalue weighted by Gasteiger charge is 2.55. The first-order valence-corrected chi connectivity index (χ1v) is 21.7. The highest BCUT2D eigenvalue weighted by atomic mass is 19.3. The third-order valence-corrected chi connectivity index (χ3v) is 9.69. The number of amides is 3. The minimum atomic E-state index is -2.68. The van der Waals surface area contributed by atoms with E-state index in [-0.39, 0.29) is 25.2 Å². The van der Waals surface area contributed by atoms with E-state index in [0.717, 1.165) is 0 Å². The van der Waals surface area contributed by atoms with Gasteiger partial charge in [0.15, 0.2) is 0 Å². The number of nitrogens with one attached hydrogen (secondary N) is 3. The maximum Gasteiger partial charge on any atom is 0.407 e. The molecule has 374 valence electrons. The van der Waals surface area contributed by atoms with Crippen LogP contribution in [0.15, 0.2) is 30.5 Å². The predicted molar refractivity (Wildman–Crippen MR) is 226 cm³/mol. The lowest BCUT2D eigenvalue weighted by molar-refractivity contribution is -0.310. The van der Waals surface area contributed by atoms with Crippen LogP contribution in [0.2, 0.25) is 0 Å². The molecule has 0 aliphatic carbocycles. The number of aryl methyl sites for hydroxylation is 1. The zero-order chi connectivity index (χ0) is 48.5. The first-order chi connectivity index (χ1) is 31.4. The van der Waals surface area contributed by atoms with Gasteiger partial charge in [0.1, 0.15) is 30.1 Å². The van der Waals surface area contributed by atoms with Crippen LogP contribution in [-0.4, -0.2) is 179 Å². The van der Waals surface area contributed by atoms with E-state index in [1.165, 1.54) is 24.3 Å². The van der Waals surface area contributed by atoms with Crippen molar-refractivity contribution in [2.24, 2.45) is 0 Å². The Morgan fingerprint density at radius 1 is 0.894 bits per heavy atom. The van der Waals surface area contributed by atoms with E-state index < -0.39 is 91.7 Å². The number of aromatic nitrogens is 3. The van der Waals surface area contributed by atoms with Crippen LogP contribution < -0.4 is 16.0 Å². The summed E-state index contributed by atoms with van der Waals surface area (Å²) in [5.41, 5.74) is 0.254. The predicted octanol–water partition coefficient (Wildman–Crippen LogP) is 0.372. The van der Waals surface area contributed by atoms with E-state index in [1.54, 1.807) is 31.6 Å². The number of nitrogens with zero attached hydrogens (tertiary/aromatic N) is 3. The lowest BCUT2D eigenvalue weighted by Gasteiger charge is -2.46. The van der Waals surface area contributed by atoms with Gasteiger partial charge < -0.3 is 74.6 Å². The van der Waals surface area contributed by atoms with Crippen LogP contribution >= 0.6 is 0 Å². The van der Waals surface area contributed by atoms with Gasteiger partial charge in [0.2, 0.25) is 11.8 Å². The Labute approximate surface area is 381 Å². The Kier molecular flexibility index (Phi) is 24.8. The third kappa shape index (κ3) is 21.0. The van der Waals surface area contributed by atoms with Gasteiger partial charge in [-0.2, -0.15) is 0 Å². The Balaban J connectivity index is 1.31. The van der Waals surface area contributed by atoms with Crippen LogP contribution in [0.4, 0.5) is 13.6 Å². The molecule has 66 heavy (non-hydrogen) atoms. The number of ether oxygens (including phenoxy) is 7. The van der Waals surface area contributed by atoms with Gasteiger partial charge in [0.25, 0.3) is 12.2 Å². The summed E-state index contributed by atoms with van der Waals surface area (Å²) in [6.07, 6.45) is -7.25. The highest BCUT2D eigenvalue weighted by molar-refractivity contribution is 5.79. The maximum absolute atomic E-state index is 12.9. The fourth-order valence-electron chi connectivity index (χ4n) is 6.39. The van der Waals surface area contributed by atoms with Crippen LogP contribution in [0, 0.1) is 0 Å². The second-order valence-electron chi connectivity index (χ2n) is 16.3. The number of halogens is 2. The summed E-state index contributed by atoms with van der Waals surface area (Å²) < 4.78 is 65.9. The number of aliphatic hydroxyl groups is 4. The van der Waals surface area contributed by atoms with Gasteiger partial charge >= 0.3 is 12.1 Å². The molecule has 0 unspecified atom stereocenters. The van der Waals surface area contributed by atoms with E-state index in [9.17, 15) is 53.5 Å². The molecular formula is C42H66F2N6O16. The second-order valence-corrected chi connectivity index (χ2v) is 16.3. The zero-order valence-corrected chi connectivity index (χ0v) is 37.6. The molecule has 1 saturated heterocycles. The summed E-state index contributed by atoms with van der Waals surface area (Å²) >= 11 is 0. The molecule has 1 aliphatic rings. The zero-order valence-electron chi connectivity index (χ0n) is 37.6. The number of unbranched alkanes of at least 4 members (excludes halogenated alkanes) is 3. The van der Waals surface area contributed by atoms with Crippen molar-refractivity contribution in [2.75, 3.05) is 72.6 Å². The number of hydrogen-bond acceptors (Lipinski definition) is 17. The monoisotopic (exact) mass is 948 g/mol. The average Bonchev–Trinajstić information content (AvgIpc) is 3.72. The number of carbonyl (C=O) groups excluding carboxylic acids is 3. The van der Waals surface area contributed by atoms with Gasteiger partial charge in [-0.1, -0.05) is 42.3 Å². The fourth-order valence-corrected chi connectivity index (χ4v) is 6.39. The molecule has 8 N–H and O–H groups in total. The lowest BCUT2D eigenvalue weighted by atomic mass is 9.88. The summed E-state index contributed by atoms with van der Waals surface area (Å²) in [5.74, 6) is -5.76. The topological polar surface area (TPSA) is 301 Å². The van der Waals surface area contributed by atoms with E-state index in [2.05, 4.69) is 26.3 Å². The average molecular weight is 949 g/mol. The van der Waals surface area contributed by atoms with Gasteiger partial charge in [0.05, 0.1) is 90.3 Å². The minimum absolute atomic E-state index is 0.138. The van der Waals surface area contributed by atoms with Gasteiger partial charge in [-0.3, -0.25) is 14.3 Å². The molecule has 24 heteroatoms. The van der Waals surface area contributed by atoms with Gasteiger partial charge in [-0.25, -0.2) is 18.4 Å². The molecule has 6 atom stereocenters. The SMILES string of the molecule is CC(C)(C)OC(=O)NCCOCCOCCOCCOCc1cn(CCCCCCO[C@]2(C(=O)O)C[C@H](O)[C@@H](NC(=O)CO)[C@H]([C@H](O)[C@H](O)CNC(=O)Cc3ccc(C(F)F)cc3)O2)nn1. The summed E-state index contributed by atoms with van der Waals surface area (Å²) in [7, 11) is 0. The normalized spacial score (nSPS) is 19.6. The van der Waals surface area contributed by atoms with Gasteiger partial charge in [-0.15, -0.1) is 5.10 Å². The first kappa shape index (κ1) is 55.8. The minimum Gasteiger partial charge on any atom is -0.477 e. The molecule has 1 aromatic carbocycles. The van der Waals surface area contributed by atoms with Crippen LogP contribution in [0.5, 0.6) is 0 Å². The molecule has 0 radical (unpaired) electrons. The molecule has 2 aromatic rings. The van der Waals surface area contributed by atoms with Gasteiger partial charge in [0, 0.05) is 31.6 Å². The molecule has 2 heterocycles. The van der Waals surface area contributed by atoms with E-state index in [1.807, 2.05) is 0 Å². The number of aliphatic hydroxyl groups excluding tert-OH is 4. The number of hydrogen-bond donors (Lipinski definition) is 8. The molecule has 0 bridgehead atoms. The van der Waals surface area contributed by atoms with Crippen molar-refractivity contribution < 1.29 is 86.6 Å². The summed E-state index contributed by atoms with van der Waals surface area (Å²) in [6.45, 7) is 7.32. The molecule has 1 fully saturated rings. The number of alkyl carbamates (subject to hydrolysis) is 1. The largest absolute Gasteiger partial charge is 0.477 e. The smallest absolute Gasteiger partial charge is 0.407 e. The quantitative estimate of drug-likeness (QED) is 0.0460. The highest BCUT2D eigenvalue weighted by Crippen LogP contribution is 2.34. The standard InChI is InChI=1S/C42H66F2N6O16/c1-41(2,3)66-40(59)45-12-15-60-16-17-61-18-19-62-20-21-63-27-30-25-50(49-48-30)13-6-4-5-7-14-64-42(39(57)58)23-31(52)35(47-34(55)26-51)37(65-42)36(56)32(53)24-46-33(54)22-28-8-10-29(11-9-28)38(43)44/h8-11,25,31-32,35-38,51-53,56H,4-7,12-24,26-27H2,1-3H3,(H,45,59)(H,46,54)(H,47,55)(H,57,58)/t31-,32+,35+,36+,37+,42+/m0/s1. The molecule has 1 aliphatic heterocycles. The van der Waals surface area contributed by atoms with Crippen molar-refractivity contribution in [2.45, 2.75) is 121 Å². The molecule has 3 rings (SSSR count). The van der Waals surface area contributed by atoms with Crippen LogP contribution in [0.25, 0.3) is 0 Å². The Morgan fingerprint density at radius 3 is 2.15 bits per heavy atom. The first-order valence-electron chi connectivity index (χ1n) is 21.7. The molecule has 0 saturated carbocycles. The van der Waals surface area contributed by atoms with E-state index in [4.69, 9.17) is 33.2 Å². The Bertz CT molecular complexity index is 1740. The Morgan fingerprint density at radius 2 is 1.53 bits per heavy atom. The summed E-state index contributed by atoms with van der Waals surface area (Å²) in [4.78, 5) is 48.7. The number of rotatable bonds is 32. The number of carbonyl (C=O) groups is 4. The molecule has 22 nitrogen and oxygen atoms in total. The van der Waals surface area contributed by atoms with E-state index in [0.29, 0.717) is 96.3 Å². The lowest BCUT2D eigenvalue weighted by Crippen LogP contribution is -2.68. The molecule has 1 aromatic heterocycles. The Hall–Kier alpha value is -4.50. The molecule has 3 amide bonds. The number of alkyl halides is 2. The van der Waals surface area contributed by atoms with Crippen molar-refractivity contribution in [3.05, 3.63) is 47.3 Å². The van der Waals surface area contributed by atoms with Crippen molar-refractivity contribution in [3.63, 3.8) is 0 Å². The van der Waals surface area contributed by atoms with Crippen molar-refractivity contribution in [1.29, 1.82) is 0 Å². The van der Waals surface area contributed by atoms with Crippen LogP contribution in [-0.2, 0) is 67.1 Å². The van der Waals surface area contributed by atoms with Crippen LogP contribution in [0.3, 0.4) is 0 Å². The van der Waals surface area contributed by atoms with Crippen molar-refractivity contribution >= 4 is 23.9 Å². The van der Waals surface area contributed by atoms with E-state index >= 15 is 0 Å². The molecule has 0 spiro atoms. The fraction of sp³-hybridized carbons (Fsp3) is 0.714. The number of benzene rings is 1. The van der Waals surface area contributed by atoms with Crippen molar-refractivity contribution in [1.82, 2.24) is 30.9 Å². The second kappa shape index (κ2) is 29.3. The van der Waals surface area contributed by atoms with Crippen LogP contribution in [0.1, 0.15) is 76.1 Å². The summed E-state index contributed by atoms with van der Waals surface area (Å²) in [6, 6.07) is 3.53. The van der Waals surface area contributed by atoms with Crippen molar-refractivity contribution in [3.8, 4) is 0 Å². The molecular weight excluding hydrogens is 882 g/mol. The number of carboxylic acid groups (broad SMARTS) is 1. The number of aliphatic carboxylic acids is 1. The number of carboxylic acids is 1. The maximum atomic E-state index is 12.9.